The fourth-order valence-corrected chi connectivity index (χ4v) is 8.01. The van der Waals surface area contributed by atoms with Crippen molar-refractivity contribution in [3.63, 3.8) is 0 Å². The van der Waals surface area contributed by atoms with Gasteiger partial charge in [-0.2, -0.15) is 0 Å². The summed E-state index contributed by atoms with van der Waals surface area (Å²) in [5, 5.41) is 10.1. The molecule has 31 heavy (non-hydrogen) atoms. The Morgan fingerprint density at radius 1 is 0.774 bits per heavy atom. The molecular weight excluding hydrogens is 461 g/mol. The molecule has 0 aliphatic heterocycles. The van der Waals surface area contributed by atoms with Crippen molar-refractivity contribution in [2.24, 2.45) is 0 Å². The molecule has 1 rings (SSSR count). The van der Waals surface area contributed by atoms with Crippen molar-refractivity contribution < 1.29 is 27.6 Å². The highest BCUT2D eigenvalue weighted by Gasteiger charge is 2.40. The summed E-state index contributed by atoms with van der Waals surface area (Å²) in [4.78, 5) is 12.3. The zero-order chi connectivity index (χ0) is 24.0. The fourth-order valence-electron chi connectivity index (χ4n) is 4.36. The van der Waals surface area contributed by atoms with Gasteiger partial charge in [0.15, 0.2) is 39.1 Å². The Morgan fingerprint density at radius 2 is 1.06 bits per heavy atom. The van der Waals surface area contributed by atoms with Gasteiger partial charge in [-0.3, -0.25) is 0 Å². The van der Waals surface area contributed by atoms with Gasteiger partial charge in [0.2, 0.25) is 0 Å². The third-order valence-electron chi connectivity index (χ3n) is 5.90. The first-order chi connectivity index (χ1) is 14.4. The van der Waals surface area contributed by atoms with Gasteiger partial charge in [0.05, 0.1) is 5.56 Å². The first-order valence-corrected chi connectivity index (χ1v) is 19.2. The number of carboxylic acid groups (broad SMARTS) is 1. The maximum atomic E-state index is 12.3. The average Bonchev–Trinajstić information content (AvgIpc) is 2.67. The smallest absolute Gasteiger partial charge is 0.336 e. The Bertz CT molecular complexity index is 690. The first-order valence-electron chi connectivity index (χ1n) is 11.3. The van der Waals surface area contributed by atoms with Crippen LogP contribution in [0.3, 0.4) is 0 Å². The van der Waals surface area contributed by atoms with Gasteiger partial charge in [-0.1, -0.05) is 59.9 Å². The SMILES string of the molecule is C[SiH2]OC(O[SiH2]C)C(C)(C)c1cc(C(C)(C)C(O[SiH2]C)O[SiH2]C)c(C)c(C(=O)O)c1C. The number of rotatable bonds is 13. The number of aromatic carboxylic acids is 1. The summed E-state index contributed by atoms with van der Waals surface area (Å²) in [6.45, 7) is 20.5. The summed E-state index contributed by atoms with van der Waals surface area (Å²) in [5.41, 5.74) is 2.83. The molecule has 0 spiro atoms. The van der Waals surface area contributed by atoms with Crippen molar-refractivity contribution in [2.75, 3.05) is 0 Å². The van der Waals surface area contributed by atoms with Gasteiger partial charge in [-0.15, -0.1) is 0 Å². The molecule has 6 nitrogen and oxygen atoms in total. The Hall–Kier alpha value is -0.602. The summed E-state index contributed by atoms with van der Waals surface area (Å²) in [6, 6.07) is 2.15. The van der Waals surface area contributed by atoms with Crippen molar-refractivity contribution in [3.8, 4) is 0 Å². The van der Waals surface area contributed by atoms with Crippen LogP contribution in [0.2, 0.25) is 26.2 Å². The van der Waals surface area contributed by atoms with E-state index in [1.165, 1.54) is 0 Å². The highest BCUT2D eigenvalue weighted by atomic mass is 28.2. The number of carboxylic acids is 1. The molecule has 1 aromatic rings. The molecule has 0 heterocycles. The van der Waals surface area contributed by atoms with Crippen LogP contribution in [-0.2, 0) is 28.5 Å². The van der Waals surface area contributed by atoms with Crippen molar-refractivity contribution in [2.45, 2.75) is 91.1 Å². The van der Waals surface area contributed by atoms with Gasteiger partial charge in [0.25, 0.3) is 0 Å². The first kappa shape index (κ1) is 28.4. The summed E-state index contributed by atoms with van der Waals surface area (Å²) in [6.07, 6.45) is -0.733. The van der Waals surface area contributed by atoms with Crippen LogP contribution in [0.25, 0.3) is 0 Å². The largest absolute Gasteiger partial charge is 0.478 e. The summed E-state index contributed by atoms with van der Waals surface area (Å²) in [7, 11) is -2.79. The second-order valence-electron chi connectivity index (χ2n) is 8.83. The summed E-state index contributed by atoms with van der Waals surface area (Å²) < 4.78 is 24.4. The molecule has 0 fully saturated rings. The number of hydrogen-bond donors (Lipinski definition) is 1. The van der Waals surface area contributed by atoms with Gasteiger partial charge >= 0.3 is 5.97 Å². The van der Waals surface area contributed by atoms with E-state index in [4.69, 9.17) is 17.7 Å². The van der Waals surface area contributed by atoms with E-state index in [0.29, 0.717) is 5.56 Å². The van der Waals surface area contributed by atoms with E-state index in [-0.39, 0.29) is 12.6 Å². The van der Waals surface area contributed by atoms with Crippen molar-refractivity contribution in [1.82, 2.24) is 0 Å². The van der Waals surface area contributed by atoms with E-state index in [1.54, 1.807) is 0 Å². The van der Waals surface area contributed by atoms with Crippen molar-refractivity contribution in [3.05, 3.63) is 33.9 Å². The standard InChI is InChI=1S/C21H42O6Si4/c1-12-14(20(3,4)18(24-28-7)25-29-8)11-15(13(2)16(12)17(22)23)21(5,6)19(26-30-9)27-31-10/h11,18-19H,28-31H2,1-10H3,(H,22,23). The molecule has 0 bridgehead atoms. The van der Waals surface area contributed by atoms with Crippen LogP contribution in [0.4, 0.5) is 0 Å². The highest BCUT2D eigenvalue weighted by molar-refractivity contribution is 6.26. The number of hydrogen-bond acceptors (Lipinski definition) is 5. The zero-order valence-corrected chi connectivity index (χ0v) is 26.7. The third-order valence-corrected chi connectivity index (χ3v) is 8.44. The molecule has 0 saturated carbocycles. The third kappa shape index (κ3) is 6.25. The van der Waals surface area contributed by atoms with Gasteiger partial charge in [-0.05, 0) is 36.1 Å². The minimum atomic E-state index is -0.911. The van der Waals surface area contributed by atoms with Crippen LogP contribution in [0.15, 0.2) is 6.07 Å². The van der Waals surface area contributed by atoms with E-state index in [1.807, 2.05) is 13.8 Å². The lowest BCUT2D eigenvalue weighted by molar-refractivity contribution is -0.0458. The normalized spacial score (nSPS) is 16.1. The van der Waals surface area contributed by atoms with Crippen LogP contribution in [0.1, 0.15) is 60.3 Å². The summed E-state index contributed by atoms with van der Waals surface area (Å²) >= 11 is 0. The van der Waals surface area contributed by atoms with E-state index < -0.39 is 55.9 Å². The van der Waals surface area contributed by atoms with E-state index in [2.05, 4.69) is 59.9 Å². The van der Waals surface area contributed by atoms with E-state index in [0.717, 1.165) is 22.3 Å². The van der Waals surface area contributed by atoms with Crippen molar-refractivity contribution >= 4 is 45.0 Å². The molecule has 10 heteroatoms. The van der Waals surface area contributed by atoms with Crippen LogP contribution < -0.4 is 0 Å². The molecular formula is C21H42O6Si4. The number of benzene rings is 1. The molecule has 0 atom stereocenters. The molecule has 0 unspecified atom stereocenters. The van der Waals surface area contributed by atoms with E-state index >= 15 is 0 Å². The molecule has 0 aliphatic rings. The topological polar surface area (TPSA) is 74.2 Å². The Morgan fingerprint density at radius 3 is 1.29 bits per heavy atom. The lowest BCUT2D eigenvalue weighted by Gasteiger charge is -2.40. The minimum Gasteiger partial charge on any atom is -0.478 e. The number of carbonyl (C=O) groups is 1. The van der Waals surface area contributed by atoms with Crippen LogP contribution in [0, 0.1) is 13.8 Å². The average molecular weight is 503 g/mol. The second-order valence-corrected chi connectivity index (χ2v) is 12.5. The maximum absolute atomic E-state index is 12.3. The molecule has 178 valence electrons. The van der Waals surface area contributed by atoms with Crippen LogP contribution in [0.5, 0.6) is 0 Å². The molecule has 1 N–H and O–H groups in total. The fraction of sp³-hybridized carbons (Fsp3) is 0.667. The lowest BCUT2D eigenvalue weighted by Crippen LogP contribution is -2.42. The molecule has 0 amide bonds. The predicted octanol–water partition coefficient (Wildman–Crippen LogP) is 1.80. The van der Waals surface area contributed by atoms with Gasteiger partial charge in [0, 0.05) is 10.8 Å². The monoisotopic (exact) mass is 502 g/mol. The van der Waals surface area contributed by atoms with Gasteiger partial charge in [0.1, 0.15) is 12.6 Å². The van der Waals surface area contributed by atoms with Gasteiger partial charge in [-0.25, -0.2) is 4.79 Å². The highest BCUT2D eigenvalue weighted by Crippen LogP contribution is 2.41. The Balaban J connectivity index is 3.84. The van der Waals surface area contributed by atoms with Crippen molar-refractivity contribution in [1.29, 1.82) is 0 Å². The second kappa shape index (κ2) is 12.0. The zero-order valence-electron chi connectivity index (χ0n) is 21.0. The molecule has 0 aromatic heterocycles. The summed E-state index contributed by atoms with van der Waals surface area (Å²) in [5.74, 6) is -0.911. The molecule has 1 aromatic carbocycles. The van der Waals surface area contributed by atoms with Gasteiger partial charge < -0.3 is 22.8 Å². The van der Waals surface area contributed by atoms with E-state index in [9.17, 15) is 9.90 Å². The van der Waals surface area contributed by atoms with Crippen LogP contribution in [-0.4, -0.2) is 62.7 Å². The quantitative estimate of drug-likeness (QED) is 0.328. The Kier molecular flexibility index (Phi) is 11.0. The predicted molar refractivity (Wildman–Crippen MR) is 138 cm³/mol. The Labute approximate surface area is 197 Å². The lowest BCUT2D eigenvalue weighted by atomic mass is 9.72. The molecule has 0 radical (unpaired) electrons. The minimum absolute atomic E-state index is 0.358. The maximum Gasteiger partial charge on any atom is 0.336 e. The molecule has 0 saturated heterocycles. The molecule has 0 aliphatic carbocycles. The van der Waals surface area contributed by atoms with Crippen LogP contribution >= 0.6 is 0 Å².